The lowest BCUT2D eigenvalue weighted by atomic mass is 9.98. The molecule has 0 radical (unpaired) electrons. The van der Waals surface area contributed by atoms with Crippen LogP contribution < -0.4 is 11.2 Å². The minimum atomic E-state index is -0.720. The number of rotatable bonds is 4. The first kappa shape index (κ1) is 18.1. The third kappa shape index (κ3) is 2.66. The maximum Gasteiger partial charge on any atom is 0.350 e. The molecule has 7 nitrogen and oxygen atoms in total. The Labute approximate surface area is 148 Å². The summed E-state index contributed by atoms with van der Waals surface area (Å²) in [5, 5.41) is 14.3. The highest BCUT2D eigenvalue weighted by atomic mass is 19.1. The van der Waals surface area contributed by atoms with Crippen LogP contribution in [-0.4, -0.2) is 24.0 Å². The molecule has 0 aliphatic heterocycles. The molecular formula is C18H21FN4O3. The van der Waals surface area contributed by atoms with Gasteiger partial charge in [-0.25, -0.2) is 9.18 Å². The van der Waals surface area contributed by atoms with Gasteiger partial charge in [0.05, 0.1) is 5.39 Å². The van der Waals surface area contributed by atoms with Crippen molar-refractivity contribution in [2.24, 2.45) is 7.05 Å². The molecule has 138 valence electrons. The smallest absolute Gasteiger partial charge is 0.350 e. The van der Waals surface area contributed by atoms with Gasteiger partial charge < -0.3 is 9.67 Å². The molecule has 0 amide bonds. The molecule has 3 aromatic rings. The number of aromatic nitrogens is 4. The quantitative estimate of drug-likeness (QED) is 0.767. The van der Waals surface area contributed by atoms with Crippen LogP contribution in [0.3, 0.4) is 0 Å². The number of fused-ring (bicyclic) bond motifs is 1. The number of halogens is 1. The average molecular weight is 360 g/mol. The van der Waals surface area contributed by atoms with Gasteiger partial charge in [0.1, 0.15) is 18.1 Å². The van der Waals surface area contributed by atoms with Crippen LogP contribution in [0.4, 0.5) is 4.39 Å². The predicted octanol–water partition coefficient (Wildman–Crippen LogP) is 1.66. The Morgan fingerprint density at radius 1 is 1.23 bits per heavy atom. The fraction of sp³-hybridized carbons (Fsp3) is 0.389. The van der Waals surface area contributed by atoms with E-state index in [4.69, 9.17) is 0 Å². The molecule has 0 aliphatic carbocycles. The summed E-state index contributed by atoms with van der Waals surface area (Å²) in [6.07, 6.45) is 1.73. The molecule has 1 aromatic carbocycles. The molecule has 2 aromatic heterocycles. The first-order chi connectivity index (χ1) is 12.3. The third-order valence-corrected chi connectivity index (χ3v) is 4.53. The van der Waals surface area contributed by atoms with E-state index in [-0.39, 0.29) is 28.4 Å². The van der Waals surface area contributed by atoms with Crippen LogP contribution in [0.1, 0.15) is 38.1 Å². The van der Waals surface area contributed by atoms with Crippen LogP contribution in [0.2, 0.25) is 0 Å². The molecule has 8 heteroatoms. The molecule has 0 spiro atoms. The number of aliphatic hydroxyl groups is 1. The van der Waals surface area contributed by atoms with Crippen LogP contribution in [-0.2, 0) is 20.2 Å². The number of aryl methyl sites for hydroxylation is 1. The maximum atomic E-state index is 14.8. The fourth-order valence-electron chi connectivity index (χ4n) is 3.16. The van der Waals surface area contributed by atoms with Crippen molar-refractivity contribution >= 4 is 10.8 Å². The predicted molar refractivity (Wildman–Crippen MR) is 96.2 cm³/mol. The molecule has 0 saturated heterocycles. The van der Waals surface area contributed by atoms with E-state index in [0.29, 0.717) is 11.9 Å². The normalized spacial score (nSPS) is 11.7. The summed E-state index contributed by atoms with van der Waals surface area (Å²) in [7, 11) is 1.63. The van der Waals surface area contributed by atoms with Crippen LogP contribution in [0, 0.1) is 5.82 Å². The molecule has 26 heavy (non-hydrogen) atoms. The van der Waals surface area contributed by atoms with E-state index < -0.39 is 18.1 Å². The van der Waals surface area contributed by atoms with Gasteiger partial charge in [0.15, 0.2) is 5.82 Å². The molecule has 2 heterocycles. The van der Waals surface area contributed by atoms with E-state index in [9.17, 15) is 19.1 Å². The minimum absolute atomic E-state index is 0.0421. The van der Waals surface area contributed by atoms with E-state index in [1.807, 2.05) is 13.8 Å². The van der Waals surface area contributed by atoms with Crippen LogP contribution in [0.15, 0.2) is 27.9 Å². The summed E-state index contributed by atoms with van der Waals surface area (Å²) in [6.45, 7) is 5.57. The van der Waals surface area contributed by atoms with Gasteiger partial charge >= 0.3 is 5.69 Å². The zero-order valence-corrected chi connectivity index (χ0v) is 15.2. The van der Waals surface area contributed by atoms with E-state index in [1.54, 1.807) is 20.2 Å². The van der Waals surface area contributed by atoms with Crippen molar-refractivity contribution in [2.45, 2.75) is 39.8 Å². The van der Waals surface area contributed by atoms with Gasteiger partial charge in [-0.1, -0.05) is 13.8 Å². The largest absolute Gasteiger partial charge is 0.388 e. The molecule has 0 unspecified atom stereocenters. The number of hydrogen-bond acceptors (Lipinski definition) is 4. The van der Waals surface area contributed by atoms with Crippen LogP contribution in [0.5, 0.6) is 0 Å². The van der Waals surface area contributed by atoms with Crippen molar-refractivity contribution in [3.63, 3.8) is 0 Å². The summed E-state index contributed by atoms with van der Waals surface area (Å²) < 4.78 is 18.4. The van der Waals surface area contributed by atoms with Gasteiger partial charge in [0.25, 0.3) is 5.56 Å². The summed E-state index contributed by atoms with van der Waals surface area (Å²) in [5.74, 6) is -0.464. The first-order valence-electron chi connectivity index (χ1n) is 8.42. The van der Waals surface area contributed by atoms with Gasteiger partial charge in [-0.05, 0) is 35.9 Å². The molecule has 0 saturated carbocycles. The molecule has 1 N–H and O–H groups in total. The van der Waals surface area contributed by atoms with Crippen LogP contribution >= 0.6 is 0 Å². The Bertz CT molecular complexity index is 1110. The van der Waals surface area contributed by atoms with Gasteiger partial charge in [0, 0.05) is 19.8 Å². The Kier molecular flexibility index (Phi) is 4.53. The summed E-state index contributed by atoms with van der Waals surface area (Å²) >= 11 is 0. The zero-order chi connectivity index (χ0) is 19.2. The van der Waals surface area contributed by atoms with E-state index in [1.165, 1.54) is 15.2 Å². The monoisotopic (exact) mass is 360 g/mol. The lowest BCUT2D eigenvalue weighted by Gasteiger charge is -2.13. The summed E-state index contributed by atoms with van der Waals surface area (Å²) in [6, 6.07) is 2.63. The van der Waals surface area contributed by atoms with Crippen molar-refractivity contribution in [2.75, 3.05) is 0 Å². The summed E-state index contributed by atoms with van der Waals surface area (Å²) in [5.41, 5.74) is -0.0182. The number of hydrogen-bond donors (Lipinski definition) is 1. The van der Waals surface area contributed by atoms with Crippen LogP contribution in [0.25, 0.3) is 16.5 Å². The summed E-state index contributed by atoms with van der Waals surface area (Å²) in [4.78, 5) is 24.9. The SMILES string of the molecule is CCn1c(CO)nn(-c2cc3c(C(C)C)cn(C)c(=O)c3cc2F)c1=O. The highest BCUT2D eigenvalue weighted by molar-refractivity contribution is 5.87. The highest BCUT2D eigenvalue weighted by Crippen LogP contribution is 2.26. The number of pyridine rings is 1. The lowest BCUT2D eigenvalue weighted by Crippen LogP contribution is -2.25. The Morgan fingerprint density at radius 2 is 1.92 bits per heavy atom. The number of nitrogens with zero attached hydrogens (tertiary/aromatic N) is 4. The maximum absolute atomic E-state index is 14.8. The molecular weight excluding hydrogens is 339 g/mol. The standard InChI is InChI=1S/C18H21FN4O3/c1-5-22-16(9-24)20-23(18(22)26)15-7-11-12(6-14(15)19)17(25)21(4)8-13(11)10(2)3/h6-8,10,24H,5,9H2,1-4H3. The Hall–Kier alpha value is -2.74. The van der Waals surface area contributed by atoms with Gasteiger partial charge in [-0.2, -0.15) is 4.68 Å². The zero-order valence-electron chi connectivity index (χ0n) is 15.2. The molecule has 0 fully saturated rings. The first-order valence-corrected chi connectivity index (χ1v) is 8.42. The van der Waals surface area contributed by atoms with Crippen molar-refractivity contribution < 1.29 is 9.50 Å². The number of aliphatic hydroxyl groups excluding tert-OH is 1. The van der Waals surface area contributed by atoms with Crippen molar-refractivity contribution in [1.82, 2.24) is 18.9 Å². The van der Waals surface area contributed by atoms with E-state index in [2.05, 4.69) is 5.10 Å². The molecule has 0 aliphatic rings. The second-order valence-corrected chi connectivity index (χ2v) is 6.52. The number of benzene rings is 1. The van der Waals surface area contributed by atoms with Crippen molar-refractivity contribution in [3.05, 3.63) is 56.4 Å². The second kappa shape index (κ2) is 6.53. The van der Waals surface area contributed by atoms with Crippen molar-refractivity contribution in [1.29, 1.82) is 0 Å². The van der Waals surface area contributed by atoms with E-state index in [0.717, 1.165) is 16.3 Å². The molecule has 0 atom stereocenters. The van der Waals surface area contributed by atoms with Crippen molar-refractivity contribution in [3.8, 4) is 5.69 Å². The Balaban J connectivity index is 2.40. The Morgan fingerprint density at radius 3 is 2.46 bits per heavy atom. The molecule has 3 rings (SSSR count). The third-order valence-electron chi connectivity index (χ3n) is 4.53. The lowest BCUT2D eigenvalue weighted by molar-refractivity contribution is 0.264. The fourth-order valence-corrected chi connectivity index (χ4v) is 3.16. The van der Waals surface area contributed by atoms with Gasteiger partial charge in [0.2, 0.25) is 0 Å². The van der Waals surface area contributed by atoms with Gasteiger partial charge in [-0.3, -0.25) is 9.36 Å². The topological polar surface area (TPSA) is 82.0 Å². The molecule has 0 bridgehead atoms. The average Bonchev–Trinajstić information content (AvgIpc) is 2.93. The van der Waals surface area contributed by atoms with Gasteiger partial charge in [-0.15, -0.1) is 5.10 Å². The van der Waals surface area contributed by atoms with E-state index >= 15 is 0 Å². The minimum Gasteiger partial charge on any atom is -0.388 e. The second-order valence-electron chi connectivity index (χ2n) is 6.52. The highest BCUT2D eigenvalue weighted by Gasteiger charge is 2.19.